The van der Waals surface area contributed by atoms with E-state index in [1.807, 2.05) is 6.92 Å². The molecule has 0 bridgehead atoms. The number of ether oxygens (including phenoxy) is 2. The molecule has 1 aromatic carbocycles. The van der Waals surface area contributed by atoms with Gasteiger partial charge in [-0.2, -0.15) is 0 Å². The highest BCUT2D eigenvalue weighted by Crippen LogP contribution is 2.32. The molecule has 1 unspecified atom stereocenters. The Morgan fingerprint density at radius 3 is 2.93 bits per heavy atom. The van der Waals surface area contributed by atoms with Gasteiger partial charge in [-0.3, -0.25) is 4.79 Å². The van der Waals surface area contributed by atoms with Crippen LogP contribution < -0.4 is 15.2 Å². The van der Waals surface area contributed by atoms with Crippen LogP contribution in [0.25, 0.3) is 0 Å². The van der Waals surface area contributed by atoms with E-state index in [0.29, 0.717) is 23.5 Å². The predicted molar refractivity (Wildman–Crippen MR) is 55.2 cm³/mol. The molecule has 1 atom stereocenters. The molecule has 1 aromatic rings. The van der Waals surface area contributed by atoms with Crippen molar-refractivity contribution in [1.82, 2.24) is 0 Å². The number of hydrogen-bond donors (Lipinski definition) is 1. The molecule has 0 saturated carbocycles. The minimum absolute atomic E-state index is 0.0308. The normalized spacial score (nSPS) is 15.1. The Morgan fingerprint density at radius 2 is 2.20 bits per heavy atom. The zero-order chi connectivity index (χ0) is 10.8. The fraction of sp³-hybridized carbons (Fsp3) is 0.364. The summed E-state index contributed by atoms with van der Waals surface area (Å²) in [5, 5.41) is 0. The number of rotatable bonds is 3. The van der Waals surface area contributed by atoms with Gasteiger partial charge in [-0.05, 0) is 25.1 Å². The molecular formula is C11H13NO3. The summed E-state index contributed by atoms with van der Waals surface area (Å²) in [6, 6.07) is 5.06. The Bertz CT molecular complexity index is 387. The molecule has 4 nitrogen and oxygen atoms in total. The van der Waals surface area contributed by atoms with Gasteiger partial charge in [0.1, 0.15) is 0 Å². The number of benzene rings is 1. The number of Topliss-reactive ketones (excluding diaryl/α,β-unsaturated/α-hetero) is 1. The van der Waals surface area contributed by atoms with E-state index in [-0.39, 0.29) is 18.6 Å². The van der Waals surface area contributed by atoms with E-state index in [9.17, 15) is 4.79 Å². The lowest BCUT2D eigenvalue weighted by molar-refractivity contribution is 0.0976. The summed E-state index contributed by atoms with van der Waals surface area (Å²) in [5.74, 6) is 1.35. The van der Waals surface area contributed by atoms with Gasteiger partial charge in [0.2, 0.25) is 6.79 Å². The van der Waals surface area contributed by atoms with Crippen LogP contribution in [0.2, 0.25) is 0 Å². The largest absolute Gasteiger partial charge is 0.454 e. The maximum atomic E-state index is 11.7. The van der Waals surface area contributed by atoms with Gasteiger partial charge in [0, 0.05) is 18.0 Å². The van der Waals surface area contributed by atoms with Crippen LogP contribution in [0.4, 0.5) is 0 Å². The highest BCUT2D eigenvalue weighted by atomic mass is 16.7. The van der Waals surface area contributed by atoms with Crippen molar-refractivity contribution < 1.29 is 14.3 Å². The minimum Gasteiger partial charge on any atom is -0.454 e. The van der Waals surface area contributed by atoms with Crippen LogP contribution in [0.3, 0.4) is 0 Å². The molecule has 80 valence electrons. The Labute approximate surface area is 88.0 Å². The van der Waals surface area contributed by atoms with Gasteiger partial charge in [0.05, 0.1) is 0 Å². The van der Waals surface area contributed by atoms with Crippen LogP contribution in [0.1, 0.15) is 23.7 Å². The zero-order valence-electron chi connectivity index (χ0n) is 8.53. The summed E-state index contributed by atoms with van der Waals surface area (Å²) in [6.45, 7) is 2.03. The molecule has 0 aliphatic carbocycles. The van der Waals surface area contributed by atoms with Gasteiger partial charge in [-0.25, -0.2) is 0 Å². The molecule has 1 aliphatic heterocycles. The van der Waals surface area contributed by atoms with E-state index in [4.69, 9.17) is 15.2 Å². The van der Waals surface area contributed by atoms with Gasteiger partial charge >= 0.3 is 0 Å². The summed E-state index contributed by atoms with van der Waals surface area (Å²) >= 11 is 0. The third-order valence-corrected chi connectivity index (χ3v) is 2.20. The summed E-state index contributed by atoms with van der Waals surface area (Å²) < 4.78 is 10.3. The van der Waals surface area contributed by atoms with Crippen molar-refractivity contribution in [1.29, 1.82) is 0 Å². The van der Waals surface area contributed by atoms with Gasteiger partial charge < -0.3 is 15.2 Å². The molecule has 0 aromatic heterocycles. The average Bonchev–Trinajstić information content (AvgIpc) is 2.62. The van der Waals surface area contributed by atoms with Crippen molar-refractivity contribution in [2.45, 2.75) is 19.4 Å². The van der Waals surface area contributed by atoms with Crippen LogP contribution in [-0.2, 0) is 0 Å². The van der Waals surface area contributed by atoms with E-state index in [1.54, 1.807) is 18.2 Å². The smallest absolute Gasteiger partial charge is 0.231 e. The lowest BCUT2D eigenvalue weighted by atomic mass is 10.0. The SMILES string of the molecule is CC(N)CC(=O)c1ccc2c(c1)OCO2. The quantitative estimate of drug-likeness (QED) is 0.759. The molecule has 15 heavy (non-hydrogen) atoms. The van der Waals surface area contributed by atoms with E-state index in [1.165, 1.54) is 0 Å². The number of nitrogens with two attached hydrogens (primary N) is 1. The molecule has 0 amide bonds. The molecular weight excluding hydrogens is 194 g/mol. The maximum absolute atomic E-state index is 11.7. The van der Waals surface area contributed by atoms with Crippen molar-refractivity contribution in [3.8, 4) is 11.5 Å². The van der Waals surface area contributed by atoms with Gasteiger partial charge in [0.15, 0.2) is 17.3 Å². The molecule has 1 aliphatic rings. The predicted octanol–water partition coefficient (Wildman–Crippen LogP) is 1.34. The van der Waals surface area contributed by atoms with Crippen molar-refractivity contribution in [3.05, 3.63) is 23.8 Å². The number of ketones is 1. The van der Waals surface area contributed by atoms with Gasteiger partial charge in [-0.1, -0.05) is 0 Å². The van der Waals surface area contributed by atoms with Crippen LogP contribution in [0, 0.1) is 0 Å². The second kappa shape index (κ2) is 3.90. The Hall–Kier alpha value is -1.55. The number of hydrogen-bond acceptors (Lipinski definition) is 4. The van der Waals surface area contributed by atoms with E-state index < -0.39 is 0 Å². The Balaban J connectivity index is 2.19. The zero-order valence-corrected chi connectivity index (χ0v) is 8.53. The van der Waals surface area contributed by atoms with E-state index in [0.717, 1.165) is 0 Å². The second-order valence-electron chi connectivity index (χ2n) is 3.67. The van der Waals surface area contributed by atoms with Crippen molar-refractivity contribution in [2.75, 3.05) is 6.79 Å². The Morgan fingerprint density at radius 1 is 1.47 bits per heavy atom. The maximum Gasteiger partial charge on any atom is 0.231 e. The second-order valence-corrected chi connectivity index (χ2v) is 3.67. The van der Waals surface area contributed by atoms with Crippen molar-refractivity contribution >= 4 is 5.78 Å². The van der Waals surface area contributed by atoms with E-state index in [2.05, 4.69) is 0 Å². The lowest BCUT2D eigenvalue weighted by Gasteiger charge is -2.04. The minimum atomic E-state index is -0.122. The van der Waals surface area contributed by atoms with Crippen LogP contribution in [0.5, 0.6) is 11.5 Å². The van der Waals surface area contributed by atoms with Crippen LogP contribution >= 0.6 is 0 Å². The first-order valence-corrected chi connectivity index (χ1v) is 4.85. The molecule has 0 fully saturated rings. The molecule has 2 N–H and O–H groups in total. The molecule has 0 saturated heterocycles. The third-order valence-electron chi connectivity index (χ3n) is 2.20. The summed E-state index contributed by atoms with van der Waals surface area (Å²) in [6.07, 6.45) is 0.347. The Kier molecular flexibility index (Phi) is 2.60. The first-order chi connectivity index (χ1) is 7.16. The number of carbonyl (C=O) groups excluding carboxylic acids is 1. The van der Waals surface area contributed by atoms with Crippen molar-refractivity contribution in [3.63, 3.8) is 0 Å². The average molecular weight is 207 g/mol. The summed E-state index contributed by atoms with van der Waals surface area (Å²) in [7, 11) is 0. The monoisotopic (exact) mass is 207 g/mol. The summed E-state index contributed by atoms with van der Waals surface area (Å²) in [4.78, 5) is 11.7. The molecule has 1 heterocycles. The van der Waals surface area contributed by atoms with Crippen LogP contribution in [0.15, 0.2) is 18.2 Å². The van der Waals surface area contributed by atoms with Crippen LogP contribution in [-0.4, -0.2) is 18.6 Å². The molecule has 0 radical (unpaired) electrons. The lowest BCUT2D eigenvalue weighted by Crippen LogP contribution is -2.19. The molecule has 4 heteroatoms. The molecule has 0 spiro atoms. The first-order valence-electron chi connectivity index (χ1n) is 4.85. The first kappa shape index (κ1) is 9.98. The fourth-order valence-electron chi connectivity index (χ4n) is 1.48. The third kappa shape index (κ3) is 2.10. The van der Waals surface area contributed by atoms with Gasteiger partial charge in [0.25, 0.3) is 0 Å². The topological polar surface area (TPSA) is 61.6 Å². The summed E-state index contributed by atoms with van der Waals surface area (Å²) in [5.41, 5.74) is 6.19. The van der Waals surface area contributed by atoms with E-state index >= 15 is 0 Å². The number of fused-ring (bicyclic) bond motifs is 1. The highest BCUT2D eigenvalue weighted by Gasteiger charge is 2.16. The standard InChI is InChI=1S/C11H13NO3/c1-7(12)4-9(13)8-2-3-10-11(5-8)15-6-14-10/h2-3,5,7H,4,6,12H2,1H3. The van der Waals surface area contributed by atoms with Crippen molar-refractivity contribution in [2.24, 2.45) is 5.73 Å². The van der Waals surface area contributed by atoms with Gasteiger partial charge in [-0.15, -0.1) is 0 Å². The number of carbonyl (C=O) groups is 1. The fourth-order valence-corrected chi connectivity index (χ4v) is 1.48. The molecule has 2 rings (SSSR count). The highest BCUT2D eigenvalue weighted by molar-refractivity contribution is 5.97.